The number of nitrogens with zero attached hydrogens (tertiary/aromatic N) is 2. The lowest BCUT2D eigenvalue weighted by molar-refractivity contribution is -0.144. The summed E-state index contributed by atoms with van der Waals surface area (Å²) in [4.78, 5) is 0. The molecule has 0 bridgehead atoms. The van der Waals surface area contributed by atoms with Crippen LogP contribution >= 0.6 is 0 Å². The van der Waals surface area contributed by atoms with E-state index < -0.39 is 5.60 Å². The van der Waals surface area contributed by atoms with Gasteiger partial charge < -0.3 is 19.3 Å². The maximum absolute atomic E-state index is 13.7. The zero-order valence-electron chi connectivity index (χ0n) is 23.1. The first-order valence-corrected chi connectivity index (χ1v) is 14.0. The van der Waals surface area contributed by atoms with E-state index >= 15 is 0 Å². The van der Waals surface area contributed by atoms with Gasteiger partial charge in [0, 0.05) is 22.6 Å². The van der Waals surface area contributed by atoms with Crippen LogP contribution in [-0.2, 0) is 17.9 Å². The van der Waals surface area contributed by atoms with E-state index in [0.29, 0.717) is 24.6 Å². The molecule has 6 rings (SSSR count). The first-order chi connectivity index (χ1) is 19.3. The van der Waals surface area contributed by atoms with Crippen LogP contribution in [0.1, 0.15) is 50.8 Å². The first kappa shape index (κ1) is 26.5. The molecule has 0 spiro atoms. The summed E-state index contributed by atoms with van der Waals surface area (Å²) >= 11 is 0. The van der Waals surface area contributed by atoms with Crippen LogP contribution in [0.2, 0.25) is 0 Å². The number of aliphatic hydroxyl groups excluding tert-OH is 1. The van der Waals surface area contributed by atoms with Crippen LogP contribution in [0.4, 0.5) is 4.39 Å². The largest absolute Gasteiger partial charge is 0.488 e. The smallest absolute Gasteiger partial charge is 0.129 e. The number of ether oxygens (including phenoxy) is 3. The lowest BCUT2D eigenvalue weighted by atomic mass is 9.75. The molecule has 7 heteroatoms. The fourth-order valence-corrected chi connectivity index (χ4v) is 5.95. The van der Waals surface area contributed by atoms with E-state index in [1.165, 1.54) is 12.1 Å². The highest BCUT2D eigenvalue weighted by Gasteiger charge is 2.47. The van der Waals surface area contributed by atoms with Gasteiger partial charge in [0.1, 0.15) is 29.5 Å². The molecule has 6 nitrogen and oxygen atoms in total. The second kappa shape index (κ2) is 10.7. The van der Waals surface area contributed by atoms with Crippen LogP contribution in [0, 0.1) is 11.7 Å². The average molecular weight is 543 g/mol. The van der Waals surface area contributed by atoms with E-state index in [9.17, 15) is 9.50 Å². The van der Waals surface area contributed by atoms with E-state index in [-0.39, 0.29) is 30.5 Å². The zero-order chi connectivity index (χ0) is 27.9. The monoisotopic (exact) mass is 542 g/mol. The molecule has 3 atom stereocenters. The maximum Gasteiger partial charge on any atom is 0.129 e. The van der Waals surface area contributed by atoms with Gasteiger partial charge in [0.05, 0.1) is 36.7 Å². The third-order valence-corrected chi connectivity index (χ3v) is 8.06. The Kier molecular flexibility index (Phi) is 7.11. The van der Waals surface area contributed by atoms with E-state index in [1.54, 1.807) is 16.8 Å². The van der Waals surface area contributed by atoms with E-state index in [1.807, 2.05) is 42.5 Å². The van der Waals surface area contributed by atoms with Crippen molar-refractivity contribution in [3.05, 3.63) is 89.7 Å². The van der Waals surface area contributed by atoms with Gasteiger partial charge in [-0.25, -0.2) is 4.39 Å². The molecule has 40 heavy (non-hydrogen) atoms. The Morgan fingerprint density at radius 3 is 2.58 bits per heavy atom. The third-order valence-electron chi connectivity index (χ3n) is 8.06. The van der Waals surface area contributed by atoms with Crippen molar-refractivity contribution >= 4 is 0 Å². The molecule has 1 N–H and O–H groups in total. The van der Waals surface area contributed by atoms with Gasteiger partial charge in [0.15, 0.2) is 0 Å². The normalized spacial score (nSPS) is 21.3. The van der Waals surface area contributed by atoms with Crippen molar-refractivity contribution in [2.75, 3.05) is 6.61 Å². The number of aromatic nitrogens is 2. The minimum atomic E-state index is -0.392. The lowest BCUT2D eigenvalue weighted by Crippen LogP contribution is -2.48. The maximum atomic E-state index is 13.7. The highest BCUT2D eigenvalue weighted by Crippen LogP contribution is 2.53. The third kappa shape index (κ3) is 5.11. The molecule has 1 saturated heterocycles. The van der Waals surface area contributed by atoms with Gasteiger partial charge in [-0.2, -0.15) is 5.10 Å². The van der Waals surface area contributed by atoms with Crippen LogP contribution in [0.15, 0.2) is 72.8 Å². The number of fused-ring (bicyclic) bond motifs is 3. The molecule has 0 amide bonds. The van der Waals surface area contributed by atoms with Gasteiger partial charge in [-0.3, -0.25) is 4.68 Å². The number of benzene rings is 3. The Hall–Kier alpha value is -3.68. The van der Waals surface area contributed by atoms with Crippen molar-refractivity contribution in [1.82, 2.24) is 9.78 Å². The van der Waals surface area contributed by atoms with Crippen LogP contribution in [-0.4, -0.2) is 33.2 Å². The summed E-state index contributed by atoms with van der Waals surface area (Å²) in [7, 11) is 0. The Bertz CT molecular complexity index is 1480. The van der Waals surface area contributed by atoms with Gasteiger partial charge in [-0.15, -0.1) is 0 Å². The molecule has 4 aromatic rings. The molecule has 1 fully saturated rings. The van der Waals surface area contributed by atoms with Crippen molar-refractivity contribution in [3.8, 4) is 34.0 Å². The second-order valence-corrected chi connectivity index (χ2v) is 11.3. The highest BCUT2D eigenvalue weighted by atomic mass is 19.1. The van der Waals surface area contributed by atoms with Gasteiger partial charge in [-0.1, -0.05) is 30.3 Å². The molecule has 0 saturated carbocycles. The van der Waals surface area contributed by atoms with Crippen LogP contribution in [0.5, 0.6) is 11.5 Å². The fraction of sp³-hybridized carbons (Fsp3) is 0.364. The second-order valence-electron chi connectivity index (χ2n) is 11.3. The standard InChI is InChI=1S/C33H35FN2O4/c1-21-9-14-27-32(39-21)26-18-30(38-20-22-7-5-4-6-8-22)25(17-31(26)40-33(27,2)3)28-19-29(36(35-28)15-16-37)23-10-12-24(34)13-11-23/h4-8,10-13,17-19,21,27,32,37H,9,14-16,20H2,1-3H3/t21-,27-,32+/m1/s1. The summed E-state index contributed by atoms with van der Waals surface area (Å²) in [5.74, 6) is 1.38. The lowest BCUT2D eigenvalue weighted by Gasteiger charge is -2.48. The molecule has 3 aromatic carbocycles. The molecule has 1 aromatic heterocycles. The minimum Gasteiger partial charge on any atom is -0.488 e. The molecule has 0 unspecified atom stereocenters. The Morgan fingerprint density at radius 2 is 1.82 bits per heavy atom. The predicted molar refractivity (Wildman–Crippen MR) is 152 cm³/mol. The molecule has 3 heterocycles. The molecule has 0 radical (unpaired) electrons. The molecule has 2 aliphatic heterocycles. The SMILES string of the molecule is C[C@@H]1CC[C@@H]2[C@@H](O1)c1cc(OCc3ccccc3)c(-c3cc(-c4ccc(F)cc4)n(CCO)n3)cc1OC2(C)C. The van der Waals surface area contributed by atoms with Crippen LogP contribution in [0.3, 0.4) is 0 Å². The summed E-state index contributed by atoms with van der Waals surface area (Å²) in [5, 5.41) is 14.6. The van der Waals surface area contributed by atoms with Gasteiger partial charge in [0.2, 0.25) is 0 Å². The van der Waals surface area contributed by atoms with Crippen molar-refractivity contribution in [2.24, 2.45) is 5.92 Å². The Morgan fingerprint density at radius 1 is 1.05 bits per heavy atom. The van der Waals surface area contributed by atoms with Crippen molar-refractivity contribution in [1.29, 1.82) is 0 Å². The van der Waals surface area contributed by atoms with Gasteiger partial charge >= 0.3 is 0 Å². The van der Waals surface area contributed by atoms with Crippen molar-refractivity contribution in [2.45, 2.75) is 64.6 Å². The number of halogens is 1. The van der Waals surface area contributed by atoms with Crippen LogP contribution in [0.25, 0.3) is 22.5 Å². The van der Waals surface area contributed by atoms with E-state index in [0.717, 1.165) is 46.5 Å². The summed E-state index contributed by atoms with van der Waals surface area (Å²) in [5.41, 5.74) is 4.72. The zero-order valence-corrected chi connectivity index (χ0v) is 23.1. The van der Waals surface area contributed by atoms with Crippen LogP contribution < -0.4 is 9.47 Å². The number of hydrogen-bond acceptors (Lipinski definition) is 5. The Labute approximate surface area is 234 Å². The number of aliphatic hydroxyl groups is 1. The Balaban J connectivity index is 1.47. The number of hydrogen-bond donors (Lipinski definition) is 1. The summed E-state index contributed by atoms with van der Waals surface area (Å²) < 4.78 is 35.0. The molecular formula is C33H35FN2O4. The molecule has 0 aliphatic carbocycles. The highest BCUT2D eigenvalue weighted by molar-refractivity contribution is 5.75. The van der Waals surface area contributed by atoms with E-state index in [4.69, 9.17) is 19.3 Å². The summed E-state index contributed by atoms with van der Waals surface area (Å²) in [6.07, 6.45) is 2.13. The summed E-state index contributed by atoms with van der Waals surface area (Å²) in [6, 6.07) is 22.4. The van der Waals surface area contributed by atoms with E-state index in [2.05, 4.69) is 26.8 Å². The molecule has 208 valence electrons. The van der Waals surface area contributed by atoms with Gasteiger partial charge in [0.25, 0.3) is 0 Å². The first-order valence-electron chi connectivity index (χ1n) is 14.0. The van der Waals surface area contributed by atoms with Crippen molar-refractivity contribution < 1.29 is 23.7 Å². The predicted octanol–water partition coefficient (Wildman–Crippen LogP) is 6.95. The van der Waals surface area contributed by atoms with Gasteiger partial charge in [-0.05, 0) is 81.6 Å². The van der Waals surface area contributed by atoms with Crippen molar-refractivity contribution in [3.63, 3.8) is 0 Å². The number of rotatable bonds is 7. The minimum absolute atomic E-state index is 0.0766. The average Bonchev–Trinajstić information content (AvgIpc) is 3.36. The quantitative estimate of drug-likeness (QED) is 0.274. The topological polar surface area (TPSA) is 65.7 Å². The fourth-order valence-electron chi connectivity index (χ4n) is 5.95. The molecular weight excluding hydrogens is 507 g/mol. The summed E-state index contributed by atoms with van der Waals surface area (Å²) in [6.45, 7) is 7.02. The molecule has 2 aliphatic rings.